The van der Waals surface area contributed by atoms with Gasteiger partial charge in [0.15, 0.2) is 0 Å². The number of amides is 1. The minimum atomic E-state index is 0. The Hall–Kier alpha value is -1.84. The number of hydrogen-bond donors (Lipinski definition) is 1. The van der Waals surface area contributed by atoms with Crippen LogP contribution < -0.4 is 22.6 Å². The van der Waals surface area contributed by atoms with Crippen LogP contribution in [0.15, 0.2) is 48.5 Å². The van der Waals surface area contributed by atoms with E-state index >= 15 is 0 Å². The average molecular weight is 359 g/mol. The summed E-state index contributed by atoms with van der Waals surface area (Å²) in [4.78, 5) is 15.0. The van der Waals surface area contributed by atoms with E-state index in [0.717, 1.165) is 37.2 Å². The van der Waals surface area contributed by atoms with E-state index in [4.69, 9.17) is 0 Å². The van der Waals surface area contributed by atoms with Crippen LogP contribution in [0.4, 0.5) is 11.4 Å². The van der Waals surface area contributed by atoms with Crippen molar-refractivity contribution in [3.63, 3.8) is 0 Å². The highest BCUT2D eigenvalue weighted by molar-refractivity contribution is 6.02. The van der Waals surface area contributed by atoms with E-state index in [9.17, 15) is 4.79 Å². The van der Waals surface area contributed by atoms with Gasteiger partial charge in [0.1, 0.15) is 0 Å². The molecule has 0 bridgehead atoms. The number of hydrogen-bond acceptors (Lipinski definition) is 1. The number of quaternary nitrogens is 1. The lowest BCUT2D eigenvalue weighted by Crippen LogP contribution is -3.00. The van der Waals surface area contributed by atoms with E-state index in [-0.39, 0.29) is 18.3 Å². The summed E-state index contributed by atoms with van der Waals surface area (Å²) in [6.45, 7) is 5.24. The summed E-state index contributed by atoms with van der Waals surface area (Å²) in [5.41, 5.74) is 4.62. The van der Waals surface area contributed by atoms with E-state index in [2.05, 4.69) is 55.6 Å². The number of rotatable bonds is 5. The van der Waals surface area contributed by atoms with Crippen LogP contribution in [0.5, 0.6) is 0 Å². The maximum absolute atomic E-state index is 13.1. The average Bonchev–Trinajstić information content (AvgIpc) is 2.78. The largest absolute Gasteiger partial charge is 1.00 e. The second-order valence-electron chi connectivity index (χ2n) is 6.65. The summed E-state index contributed by atoms with van der Waals surface area (Å²) < 4.78 is 0. The van der Waals surface area contributed by atoms with Crippen LogP contribution in [0, 0.1) is 0 Å². The first kappa shape index (κ1) is 19.5. The lowest BCUT2D eigenvalue weighted by atomic mass is 10.0. The van der Waals surface area contributed by atoms with Crippen molar-refractivity contribution in [2.45, 2.75) is 45.6 Å². The lowest BCUT2D eigenvalue weighted by molar-refractivity contribution is -0.685. The van der Waals surface area contributed by atoms with Gasteiger partial charge < -0.3 is 17.7 Å². The molecule has 0 saturated heterocycles. The zero-order valence-corrected chi connectivity index (χ0v) is 15.8. The molecule has 134 valence electrons. The number of nitrogens with two attached hydrogens (primary N) is 1. The van der Waals surface area contributed by atoms with E-state index in [1.54, 1.807) is 0 Å². The second kappa shape index (κ2) is 9.02. The van der Waals surface area contributed by atoms with Crippen molar-refractivity contribution in [2.75, 3.05) is 11.4 Å². The third kappa shape index (κ3) is 4.42. The molecule has 3 rings (SSSR count). The molecular formula is C21H27ClN2O. The van der Waals surface area contributed by atoms with Crippen LogP contribution in [0.2, 0.25) is 0 Å². The predicted octanol–water partition coefficient (Wildman–Crippen LogP) is 0.206. The van der Waals surface area contributed by atoms with Gasteiger partial charge in [-0.2, -0.15) is 0 Å². The quantitative estimate of drug-likeness (QED) is 0.815. The summed E-state index contributed by atoms with van der Waals surface area (Å²) in [7, 11) is 0. The minimum absolute atomic E-state index is 0. The summed E-state index contributed by atoms with van der Waals surface area (Å²) in [5.74, 6) is 0.191. The fourth-order valence-corrected chi connectivity index (χ4v) is 3.32. The molecule has 0 saturated carbocycles. The monoisotopic (exact) mass is 358 g/mol. The molecule has 1 amide bonds. The van der Waals surface area contributed by atoms with E-state index < -0.39 is 0 Å². The van der Waals surface area contributed by atoms with E-state index in [1.807, 2.05) is 17.0 Å². The predicted molar refractivity (Wildman–Crippen MR) is 98.6 cm³/mol. The van der Waals surface area contributed by atoms with Crippen molar-refractivity contribution in [3.05, 3.63) is 59.7 Å². The van der Waals surface area contributed by atoms with Crippen molar-refractivity contribution in [3.8, 4) is 0 Å². The van der Waals surface area contributed by atoms with Crippen molar-refractivity contribution in [2.24, 2.45) is 0 Å². The molecule has 1 heterocycles. The Morgan fingerprint density at radius 3 is 2.08 bits per heavy atom. The standard InChI is InChI=1S/C21H26N2O.ClH/c1-3-16(2)22-15-14-21(24)23-19-10-6-4-8-17(19)12-13-18-9-5-7-11-20(18)23;/h4-11,16,22H,3,12-15H2,1-2H3;1H. The fourth-order valence-electron chi connectivity index (χ4n) is 3.32. The van der Waals surface area contributed by atoms with Gasteiger partial charge in [-0.1, -0.05) is 43.3 Å². The Morgan fingerprint density at radius 1 is 1.04 bits per heavy atom. The Labute approximate surface area is 156 Å². The van der Waals surface area contributed by atoms with Crippen molar-refractivity contribution in [1.82, 2.24) is 0 Å². The van der Waals surface area contributed by atoms with Crippen molar-refractivity contribution in [1.29, 1.82) is 0 Å². The number of para-hydroxylation sites is 2. The molecular weight excluding hydrogens is 332 g/mol. The molecule has 1 atom stereocenters. The topological polar surface area (TPSA) is 36.9 Å². The highest BCUT2D eigenvalue weighted by atomic mass is 35.5. The summed E-state index contributed by atoms with van der Waals surface area (Å²) in [6, 6.07) is 17.2. The Balaban J connectivity index is 0.00000225. The smallest absolute Gasteiger partial charge is 0.237 e. The molecule has 0 aromatic heterocycles. The van der Waals surface area contributed by atoms with Gasteiger partial charge in [-0.15, -0.1) is 0 Å². The van der Waals surface area contributed by atoms with Gasteiger partial charge in [0, 0.05) is 0 Å². The van der Waals surface area contributed by atoms with Crippen LogP contribution in [0.1, 0.15) is 37.8 Å². The second-order valence-corrected chi connectivity index (χ2v) is 6.65. The van der Waals surface area contributed by atoms with Crippen LogP contribution in [-0.4, -0.2) is 18.5 Å². The first-order valence-electron chi connectivity index (χ1n) is 9.02. The lowest BCUT2D eigenvalue weighted by Gasteiger charge is -2.25. The van der Waals surface area contributed by atoms with Crippen LogP contribution in [-0.2, 0) is 17.6 Å². The van der Waals surface area contributed by atoms with Crippen LogP contribution in [0.25, 0.3) is 0 Å². The van der Waals surface area contributed by atoms with Gasteiger partial charge in [-0.05, 0) is 49.4 Å². The third-order valence-electron chi connectivity index (χ3n) is 4.95. The normalized spacial score (nSPS) is 13.9. The molecule has 0 radical (unpaired) electrons. The molecule has 2 aromatic rings. The van der Waals surface area contributed by atoms with Crippen molar-refractivity contribution >= 4 is 17.3 Å². The number of aryl methyl sites for hydroxylation is 2. The van der Waals surface area contributed by atoms with Gasteiger partial charge in [-0.25, -0.2) is 0 Å². The van der Waals surface area contributed by atoms with Gasteiger partial charge in [0.05, 0.1) is 30.4 Å². The Bertz CT molecular complexity index is 669. The Morgan fingerprint density at radius 2 is 1.56 bits per heavy atom. The maximum atomic E-state index is 13.1. The molecule has 0 fully saturated rings. The summed E-state index contributed by atoms with van der Waals surface area (Å²) in [6.07, 6.45) is 3.66. The molecule has 4 heteroatoms. The zero-order valence-electron chi connectivity index (χ0n) is 15.0. The number of benzene rings is 2. The van der Waals surface area contributed by atoms with Gasteiger partial charge in [0.2, 0.25) is 5.91 Å². The van der Waals surface area contributed by atoms with Crippen LogP contribution >= 0.6 is 0 Å². The summed E-state index contributed by atoms with van der Waals surface area (Å²) >= 11 is 0. The van der Waals surface area contributed by atoms with Gasteiger partial charge in [-0.3, -0.25) is 9.69 Å². The number of carbonyl (C=O) groups excluding carboxylic acids is 1. The molecule has 25 heavy (non-hydrogen) atoms. The first-order chi connectivity index (χ1) is 11.7. The molecule has 3 nitrogen and oxygen atoms in total. The molecule has 0 aliphatic carbocycles. The number of nitrogens with zero attached hydrogens (tertiary/aromatic N) is 1. The van der Waals surface area contributed by atoms with Crippen LogP contribution in [0.3, 0.4) is 0 Å². The first-order valence-corrected chi connectivity index (χ1v) is 9.02. The SMILES string of the molecule is CCC(C)[NH2+]CCC(=O)N1c2ccccc2CCc2ccccc21.[Cl-]. The molecule has 2 N–H and O–H groups in total. The third-order valence-corrected chi connectivity index (χ3v) is 4.95. The highest BCUT2D eigenvalue weighted by Crippen LogP contribution is 2.36. The van der Waals surface area contributed by atoms with Gasteiger partial charge >= 0.3 is 0 Å². The van der Waals surface area contributed by atoms with E-state index in [1.165, 1.54) is 11.1 Å². The molecule has 1 aliphatic heterocycles. The minimum Gasteiger partial charge on any atom is -1.00 e. The number of carbonyl (C=O) groups is 1. The molecule has 2 aromatic carbocycles. The number of halogens is 1. The number of anilines is 2. The number of fused-ring (bicyclic) bond motifs is 2. The Kier molecular flexibility index (Phi) is 7.03. The van der Waals surface area contributed by atoms with Crippen molar-refractivity contribution < 1.29 is 22.5 Å². The van der Waals surface area contributed by atoms with E-state index in [0.29, 0.717) is 12.5 Å². The molecule has 0 spiro atoms. The molecule has 1 unspecified atom stereocenters. The summed E-state index contributed by atoms with van der Waals surface area (Å²) in [5, 5.41) is 2.27. The van der Waals surface area contributed by atoms with Gasteiger partial charge in [0.25, 0.3) is 0 Å². The highest BCUT2D eigenvalue weighted by Gasteiger charge is 2.25. The maximum Gasteiger partial charge on any atom is 0.237 e. The molecule has 1 aliphatic rings. The zero-order chi connectivity index (χ0) is 16.9. The fraction of sp³-hybridized carbons (Fsp3) is 0.381.